The molecule has 1 aromatic rings. The standard InChI is InChI=1S/C14H21ClFNO/c1-14(2,6-3-7-18)10-17-9-11-8-12(16)4-5-13(11)15/h4-5,8,17-18H,3,6-7,9-10H2,1-2H3. The smallest absolute Gasteiger partial charge is 0.123 e. The second-order valence-corrected chi connectivity index (χ2v) is 5.74. The van der Waals surface area contributed by atoms with Gasteiger partial charge < -0.3 is 10.4 Å². The van der Waals surface area contributed by atoms with Gasteiger partial charge in [-0.3, -0.25) is 0 Å². The van der Waals surface area contributed by atoms with E-state index in [2.05, 4.69) is 19.2 Å². The third-order valence-electron chi connectivity index (χ3n) is 2.94. The maximum atomic E-state index is 13.1. The molecule has 0 aromatic heterocycles. The summed E-state index contributed by atoms with van der Waals surface area (Å²) in [7, 11) is 0. The SMILES string of the molecule is CC(C)(CCCO)CNCc1cc(F)ccc1Cl. The minimum absolute atomic E-state index is 0.114. The highest BCUT2D eigenvalue weighted by Crippen LogP contribution is 2.22. The van der Waals surface area contributed by atoms with Gasteiger partial charge in [0.05, 0.1) is 0 Å². The molecular formula is C14H21ClFNO. The second-order valence-electron chi connectivity index (χ2n) is 5.33. The van der Waals surface area contributed by atoms with Crippen LogP contribution in [0.3, 0.4) is 0 Å². The Balaban J connectivity index is 2.43. The lowest BCUT2D eigenvalue weighted by atomic mass is 9.88. The van der Waals surface area contributed by atoms with Crippen molar-refractivity contribution < 1.29 is 9.50 Å². The summed E-state index contributed by atoms with van der Waals surface area (Å²) in [6, 6.07) is 4.39. The molecule has 0 heterocycles. The van der Waals surface area contributed by atoms with Crippen LogP contribution in [0.15, 0.2) is 18.2 Å². The van der Waals surface area contributed by atoms with Crippen LogP contribution in [0, 0.1) is 11.2 Å². The van der Waals surface area contributed by atoms with E-state index in [9.17, 15) is 4.39 Å². The van der Waals surface area contributed by atoms with E-state index < -0.39 is 0 Å². The van der Waals surface area contributed by atoms with Crippen molar-refractivity contribution in [1.82, 2.24) is 5.32 Å². The van der Waals surface area contributed by atoms with Crippen LogP contribution >= 0.6 is 11.6 Å². The van der Waals surface area contributed by atoms with Crippen molar-refractivity contribution in [2.24, 2.45) is 5.41 Å². The number of nitrogens with one attached hydrogen (secondary N) is 1. The Hall–Kier alpha value is -0.640. The maximum absolute atomic E-state index is 13.1. The quantitative estimate of drug-likeness (QED) is 0.798. The van der Waals surface area contributed by atoms with Crippen molar-refractivity contribution in [2.75, 3.05) is 13.2 Å². The molecule has 102 valence electrons. The highest BCUT2D eigenvalue weighted by atomic mass is 35.5. The number of rotatable bonds is 7. The lowest BCUT2D eigenvalue weighted by Gasteiger charge is -2.24. The zero-order valence-electron chi connectivity index (χ0n) is 11.0. The summed E-state index contributed by atoms with van der Waals surface area (Å²) in [6.07, 6.45) is 1.75. The Labute approximate surface area is 113 Å². The van der Waals surface area contributed by atoms with Crippen molar-refractivity contribution in [1.29, 1.82) is 0 Å². The first-order valence-corrected chi connectivity index (χ1v) is 6.58. The van der Waals surface area contributed by atoms with Crippen LogP contribution in [-0.4, -0.2) is 18.3 Å². The minimum atomic E-state index is -0.268. The number of hydrogen-bond donors (Lipinski definition) is 2. The molecule has 0 saturated heterocycles. The molecule has 2 nitrogen and oxygen atoms in total. The predicted molar refractivity (Wildman–Crippen MR) is 73.2 cm³/mol. The normalized spacial score (nSPS) is 11.8. The van der Waals surface area contributed by atoms with E-state index in [4.69, 9.17) is 16.7 Å². The fraction of sp³-hybridized carbons (Fsp3) is 0.571. The number of benzene rings is 1. The third-order valence-corrected chi connectivity index (χ3v) is 3.31. The summed E-state index contributed by atoms with van der Waals surface area (Å²) in [5, 5.41) is 12.7. The Morgan fingerprint density at radius 3 is 2.78 bits per heavy atom. The Kier molecular flexibility index (Phi) is 6.06. The Morgan fingerprint density at radius 2 is 2.11 bits per heavy atom. The van der Waals surface area contributed by atoms with E-state index in [1.54, 1.807) is 6.07 Å². The molecule has 0 aliphatic heterocycles. The van der Waals surface area contributed by atoms with E-state index in [-0.39, 0.29) is 17.8 Å². The van der Waals surface area contributed by atoms with E-state index >= 15 is 0 Å². The lowest BCUT2D eigenvalue weighted by molar-refractivity contribution is 0.236. The average Bonchev–Trinajstić information content (AvgIpc) is 2.31. The van der Waals surface area contributed by atoms with Crippen LogP contribution in [0.25, 0.3) is 0 Å². The average molecular weight is 274 g/mol. The van der Waals surface area contributed by atoms with Crippen LogP contribution in [0.5, 0.6) is 0 Å². The molecule has 0 saturated carbocycles. The molecule has 1 rings (SSSR count). The van der Waals surface area contributed by atoms with Gasteiger partial charge >= 0.3 is 0 Å². The van der Waals surface area contributed by atoms with Gasteiger partial charge in [0.25, 0.3) is 0 Å². The molecule has 0 amide bonds. The molecule has 0 atom stereocenters. The topological polar surface area (TPSA) is 32.3 Å². The summed E-state index contributed by atoms with van der Waals surface area (Å²) in [4.78, 5) is 0. The number of hydrogen-bond acceptors (Lipinski definition) is 2. The van der Waals surface area contributed by atoms with Crippen LogP contribution < -0.4 is 5.32 Å². The molecule has 0 spiro atoms. The van der Waals surface area contributed by atoms with Gasteiger partial charge in [-0.1, -0.05) is 25.4 Å². The molecule has 0 radical (unpaired) electrons. The largest absolute Gasteiger partial charge is 0.396 e. The Bertz CT molecular complexity index is 382. The molecule has 0 aliphatic carbocycles. The number of halogens is 2. The minimum Gasteiger partial charge on any atom is -0.396 e. The van der Waals surface area contributed by atoms with Crippen molar-refractivity contribution in [3.63, 3.8) is 0 Å². The van der Waals surface area contributed by atoms with Gasteiger partial charge in [0, 0.05) is 24.7 Å². The molecule has 4 heteroatoms. The maximum Gasteiger partial charge on any atom is 0.123 e. The summed E-state index contributed by atoms with van der Waals surface area (Å²) >= 11 is 5.99. The van der Waals surface area contributed by atoms with Crippen molar-refractivity contribution in [3.8, 4) is 0 Å². The number of aliphatic hydroxyl groups is 1. The molecule has 0 unspecified atom stereocenters. The summed E-state index contributed by atoms with van der Waals surface area (Å²) in [5.74, 6) is -0.268. The lowest BCUT2D eigenvalue weighted by Crippen LogP contribution is -2.29. The van der Waals surface area contributed by atoms with Gasteiger partial charge in [-0.25, -0.2) is 4.39 Å². The van der Waals surface area contributed by atoms with Crippen LogP contribution in [0.1, 0.15) is 32.3 Å². The van der Waals surface area contributed by atoms with Crippen molar-refractivity contribution >= 4 is 11.6 Å². The summed E-state index contributed by atoms with van der Waals surface area (Å²) in [6.45, 7) is 5.86. The first-order chi connectivity index (χ1) is 8.44. The molecule has 18 heavy (non-hydrogen) atoms. The fourth-order valence-corrected chi connectivity index (χ4v) is 2.04. The molecule has 0 fully saturated rings. The van der Waals surface area contributed by atoms with Gasteiger partial charge in [0.1, 0.15) is 5.82 Å². The predicted octanol–water partition coefficient (Wildman–Crippen LogP) is 3.37. The van der Waals surface area contributed by atoms with Gasteiger partial charge in [0.2, 0.25) is 0 Å². The van der Waals surface area contributed by atoms with Gasteiger partial charge in [0.15, 0.2) is 0 Å². The van der Waals surface area contributed by atoms with Crippen molar-refractivity contribution in [3.05, 3.63) is 34.6 Å². The molecule has 1 aromatic carbocycles. The van der Waals surface area contributed by atoms with Crippen LogP contribution in [-0.2, 0) is 6.54 Å². The zero-order chi connectivity index (χ0) is 13.6. The molecule has 0 aliphatic rings. The molecular weight excluding hydrogens is 253 g/mol. The first kappa shape index (κ1) is 15.4. The highest BCUT2D eigenvalue weighted by Gasteiger charge is 2.16. The van der Waals surface area contributed by atoms with Crippen molar-refractivity contribution in [2.45, 2.75) is 33.2 Å². The third kappa shape index (κ3) is 5.34. The highest BCUT2D eigenvalue weighted by molar-refractivity contribution is 6.31. The fourth-order valence-electron chi connectivity index (χ4n) is 1.86. The zero-order valence-corrected chi connectivity index (χ0v) is 11.7. The summed E-state index contributed by atoms with van der Waals surface area (Å²) in [5.41, 5.74) is 0.886. The van der Waals surface area contributed by atoms with Crippen LogP contribution in [0.4, 0.5) is 4.39 Å². The summed E-state index contributed by atoms with van der Waals surface area (Å²) < 4.78 is 13.1. The van der Waals surface area contributed by atoms with E-state index in [1.807, 2.05) is 0 Å². The number of aliphatic hydroxyl groups excluding tert-OH is 1. The van der Waals surface area contributed by atoms with Gasteiger partial charge in [-0.2, -0.15) is 0 Å². The van der Waals surface area contributed by atoms with E-state index in [0.29, 0.717) is 11.6 Å². The molecule has 2 N–H and O–H groups in total. The van der Waals surface area contributed by atoms with Crippen LogP contribution in [0.2, 0.25) is 5.02 Å². The Morgan fingerprint density at radius 1 is 1.39 bits per heavy atom. The van der Waals surface area contributed by atoms with Gasteiger partial charge in [-0.05, 0) is 42.0 Å². The monoisotopic (exact) mass is 273 g/mol. The van der Waals surface area contributed by atoms with E-state index in [0.717, 1.165) is 24.9 Å². The molecule has 0 bridgehead atoms. The first-order valence-electron chi connectivity index (χ1n) is 6.20. The van der Waals surface area contributed by atoms with E-state index in [1.165, 1.54) is 12.1 Å². The van der Waals surface area contributed by atoms with Gasteiger partial charge in [-0.15, -0.1) is 0 Å². The second kappa shape index (κ2) is 7.07.